The van der Waals surface area contributed by atoms with Gasteiger partial charge in [-0.05, 0) is 58.2 Å². The third kappa shape index (κ3) is 4.67. The van der Waals surface area contributed by atoms with Gasteiger partial charge in [0.1, 0.15) is 0 Å². The first-order valence-electron chi connectivity index (χ1n) is 8.52. The van der Waals surface area contributed by atoms with Gasteiger partial charge in [0.25, 0.3) is 0 Å². The number of nitrogens with one attached hydrogen (secondary N) is 1. The summed E-state index contributed by atoms with van der Waals surface area (Å²) in [4.78, 5) is 12.0. The molecule has 1 aromatic rings. The molecule has 1 aromatic heterocycles. The number of hydrogen-bond donors (Lipinski definition) is 1. The predicted octanol–water partition coefficient (Wildman–Crippen LogP) is 3.02. The molecule has 21 heavy (non-hydrogen) atoms. The van der Waals surface area contributed by atoms with Crippen molar-refractivity contribution in [3.8, 4) is 0 Å². The van der Waals surface area contributed by atoms with Crippen LogP contribution >= 0.6 is 0 Å². The maximum absolute atomic E-state index is 4.79. The first kappa shape index (κ1) is 16.2. The maximum Gasteiger partial charge on any atom is 0.225 e. The van der Waals surface area contributed by atoms with Crippen LogP contribution in [0.5, 0.6) is 0 Å². The normalized spacial score (nSPS) is 16.0. The van der Waals surface area contributed by atoms with Crippen LogP contribution < -0.4 is 10.2 Å². The van der Waals surface area contributed by atoms with Gasteiger partial charge in [-0.2, -0.15) is 0 Å². The lowest BCUT2D eigenvalue weighted by Gasteiger charge is -2.22. The van der Waals surface area contributed by atoms with Gasteiger partial charge in [-0.3, -0.25) is 0 Å². The average Bonchev–Trinajstić information content (AvgIpc) is 2.74. The molecule has 1 fully saturated rings. The first-order chi connectivity index (χ1) is 10.2. The summed E-state index contributed by atoms with van der Waals surface area (Å²) in [6.45, 7) is 10.8. The fraction of sp³-hybridized carbons (Fsp3) is 0.765. The van der Waals surface area contributed by atoms with Gasteiger partial charge in [-0.15, -0.1) is 0 Å². The summed E-state index contributed by atoms with van der Waals surface area (Å²) in [7, 11) is 0. The molecule has 1 aliphatic heterocycles. The zero-order chi connectivity index (χ0) is 15.1. The molecule has 0 radical (unpaired) electrons. The maximum atomic E-state index is 4.79. The smallest absolute Gasteiger partial charge is 0.225 e. The van der Waals surface area contributed by atoms with Crippen molar-refractivity contribution in [3.63, 3.8) is 0 Å². The van der Waals surface area contributed by atoms with E-state index < -0.39 is 0 Å². The van der Waals surface area contributed by atoms with Crippen molar-refractivity contribution in [2.24, 2.45) is 0 Å². The molecule has 1 aliphatic rings. The Labute approximate surface area is 129 Å². The summed E-state index contributed by atoms with van der Waals surface area (Å²) in [6.07, 6.45) is 7.46. The molecule has 0 aliphatic carbocycles. The zero-order valence-electron chi connectivity index (χ0n) is 13.9. The molecular weight excluding hydrogens is 260 g/mol. The summed E-state index contributed by atoms with van der Waals surface area (Å²) < 4.78 is 0. The quantitative estimate of drug-likeness (QED) is 0.818. The average molecular weight is 290 g/mol. The Balaban J connectivity index is 2.05. The van der Waals surface area contributed by atoms with Crippen molar-refractivity contribution in [3.05, 3.63) is 17.0 Å². The minimum atomic E-state index is 0.947. The summed E-state index contributed by atoms with van der Waals surface area (Å²) in [5.74, 6) is 0.947. The van der Waals surface area contributed by atoms with E-state index in [4.69, 9.17) is 9.97 Å². The Morgan fingerprint density at radius 3 is 2.19 bits per heavy atom. The molecule has 2 rings (SSSR count). The van der Waals surface area contributed by atoms with Crippen LogP contribution in [0.2, 0.25) is 0 Å². The molecule has 0 unspecified atom stereocenters. The lowest BCUT2D eigenvalue weighted by atomic mass is 10.1. The van der Waals surface area contributed by atoms with E-state index in [1.807, 2.05) is 0 Å². The Hall–Kier alpha value is -1.16. The lowest BCUT2D eigenvalue weighted by Crippen LogP contribution is -2.27. The van der Waals surface area contributed by atoms with Crippen LogP contribution in [0, 0.1) is 13.8 Å². The van der Waals surface area contributed by atoms with Gasteiger partial charge in [0, 0.05) is 24.5 Å². The highest BCUT2D eigenvalue weighted by molar-refractivity contribution is 5.36. The second-order valence-electron chi connectivity index (χ2n) is 6.03. The highest BCUT2D eigenvalue weighted by Crippen LogP contribution is 2.20. The largest absolute Gasteiger partial charge is 0.341 e. The molecule has 1 N–H and O–H groups in total. The first-order valence-corrected chi connectivity index (χ1v) is 8.52. The number of nitrogens with zero attached hydrogens (tertiary/aromatic N) is 3. The lowest BCUT2D eigenvalue weighted by molar-refractivity contribution is 0.666. The molecule has 118 valence electrons. The molecule has 0 bridgehead atoms. The standard InChI is InChI=1S/C17H30N4/c1-4-18-11-9-10-16-14(2)19-17(20-15(16)3)21-12-7-5-6-8-13-21/h18H,4-13H2,1-3H3. The fourth-order valence-electron chi connectivity index (χ4n) is 3.06. The van der Waals surface area contributed by atoms with Gasteiger partial charge in [0.15, 0.2) is 0 Å². The Kier molecular flexibility index (Phi) is 6.43. The zero-order valence-corrected chi connectivity index (χ0v) is 13.9. The predicted molar refractivity (Wildman–Crippen MR) is 89.1 cm³/mol. The SMILES string of the molecule is CCNCCCc1c(C)nc(N2CCCCCC2)nc1C. The van der Waals surface area contributed by atoms with Gasteiger partial charge in [-0.1, -0.05) is 19.8 Å². The molecule has 2 heterocycles. The van der Waals surface area contributed by atoms with Crippen molar-refractivity contribution >= 4 is 5.95 Å². The molecule has 0 atom stereocenters. The van der Waals surface area contributed by atoms with Gasteiger partial charge in [0.05, 0.1) is 0 Å². The van der Waals surface area contributed by atoms with Gasteiger partial charge >= 0.3 is 0 Å². The van der Waals surface area contributed by atoms with E-state index in [1.54, 1.807) is 0 Å². The van der Waals surface area contributed by atoms with E-state index in [0.29, 0.717) is 0 Å². The molecule has 4 nitrogen and oxygen atoms in total. The van der Waals surface area contributed by atoms with Crippen molar-refractivity contribution < 1.29 is 0 Å². The minimum absolute atomic E-state index is 0.947. The summed E-state index contributed by atoms with van der Waals surface area (Å²) >= 11 is 0. The van der Waals surface area contributed by atoms with Gasteiger partial charge in [0.2, 0.25) is 5.95 Å². The van der Waals surface area contributed by atoms with Crippen molar-refractivity contribution in [1.29, 1.82) is 0 Å². The topological polar surface area (TPSA) is 41.1 Å². The van der Waals surface area contributed by atoms with E-state index >= 15 is 0 Å². The highest BCUT2D eigenvalue weighted by Gasteiger charge is 2.15. The molecule has 0 aromatic carbocycles. The van der Waals surface area contributed by atoms with Gasteiger partial charge < -0.3 is 10.2 Å². The monoisotopic (exact) mass is 290 g/mol. The minimum Gasteiger partial charge on any atom is -0.341 e. The van der Waals surface area contributed by atoms with Crippen LogP contribution in [-0.2, 0) is 6.42 Å². The number of hydrogen-bond acceptors (Lipinski definition) is 4. The molecule has 0 spiro atoms. The van der Waals surface area contributed by atoms with Crippen molar-refractivity contribution in [1.82, 2.24) is 15.3 Å². The van der Waals surface area contributed by atoms with E-state index in [2.05, 4.69) is 31.0 Å². The molecular formula is C17H30N4. The van der Waals surface area contributed by atoms with Crippen LogP contribution in [0.25, 0.3) is 0 Å². The fourth-order valence-corrected chi connectivity index (χ4v) is 3.06. The second-order valence-corrected chi connectivity index (χ2v) is 6.03. The van der Waals surface area contributed by atoms with Crippen LogP contribution in [0.15, 0.2) is 0 Å². The molecule has 0 saturated carbocycles. The van der Waals surface area contributed by atoms with Crippen LogP contribution in [0.1, 0.15) is 56.0 Å². The number of aromatic nitrogens is 2. The summed E-state index contributed by atoms with van der Waals surface area (Å²) in [5, 5.41) is 3.38. The third-order valence-corrected chi connectivity index (χ3v) is 4.33. The van der Waals surface area contributed by atoms with E-state index in [-0.39, 0.29) is 0 Å². The Morgan fingerprint density at radius 1 is 1.00 bits per heavy atom. The van der Waals surface area contributed by atoms with E-state index in [0.717, 1.165) is 45.0 Å². The van der Waals surface area contributed by atoms with Gasteiger partial charge in [-0.25, -0.2) is 9.97 Å². The Morgan fingerprint density at radius 2 is 1.62 bits per heavy atom. The number of aryl methyl sites for hydroxylation is 2. The van der Waals surface area contributed by atoms with E-state index in [9.17, 15) is 0 Å². The van der Waals surface area contributed by atoms with Crippen LogP contribution in [0.3, 0.4) is 0 Å². The third-order valence-electron chi connectivity index (χ3n) is 4.33. The summed E-state index contributed by atoms with van der Waals surface area (Å²) in [6, 6.07) is 0. The van der Waals surface area contributed by atoms with Crippen LogP contribution in [-0.4, -0.2) is 36.1 Å². The number of rotatable bonds is 6. The van der Waals surface area contributed by atoms with Crippen molar-refractivity contribution in [2.75, 3.05) is 31.1 Å². The van der Waals surface area contributed by atoms with Crippen LogP contribution in [0.4, 0.5) is 5.95 Å². The van der Waals surface area contributed by atoms with Crippen molar-refractivity contribution in [2.45, 2.75) is 59.3 Å². The highest BCUT2D eigenvalue weighted by atomic mass is 15.2. The number of anilines is 1. The Bertz CT molecular complexity index is 413. The molecule has 4 heteroatoms. The molecule has 0 amide bonds. The summed E-state index contributed by atoms with van der Waals surface area (Å²) in [5.41, 5.74) is 3.67. The molecule has 1 saturated heterocycles. The van der Waals surface area contributed by atoms with E-state index in [1.165, 1.54) is 42.6 Å². The second kappa shape index (κ2) is 8.32.